The van der Waals surface area contributed by atoms with Crippen molar-refractivity contribution in [2.75, 3.05) is 18.5 Å². The molecule has 0 aliphatic rings. The van der Waals surface area contributed by atoms with Gasteiger partial charge < -0.3 is 15.8 Å². The molecule has 0 unspecified atom stereocenters. The van der Waals surface area contributed by atoms with Gasteiger partial charge in [0.25, 0.3) is 0 Å². The quantitative estimate of drug-likeness (QED) is 0.636. The van der Waals surface area contributed by atoms with Gasteiger partial charge in [-0.25, -0.2) is 9.50 Å². The molecule has 138 valence electrons. The van der Waals surface area contributed by atoms with Gasteiger partial charge in [-0.1, -0.05) is 24.3 Å². The van der Waals surface area contributed by atoms with Crippen molar-refractivity contribution < 1.29 is 4.74 Å². The standard InChI is InChI=1S/C20H27N5O/c1-20(2,3)26-12-4-11-22-18-9-10-19-23-14-17(25(19)24-18)16-7-5-15(13-21)6-8-16/h5-10,14H,4,11-13,21H2,1-3H3,(H,22,24). The Hall–Kier alpha value is -2.44. The molecule has 0 radical (unpaired) electrons. The average Bonchev–Trinajstić information content (AvgIpc) is 3.04. The molecule has 0 saturated heterocycles. The third-order valence-corrected chi connectivity index (χ3v) is 4.01. The summed E-state index contributed by atoms with van der Waals surface area (Å²) in [5.74, 6) is 0.825. The maximum absolute atomic E-state index is 5.74. The van der Waals surface area contributed by atoms with Crippen molar-refractivity contribution >= 4 is 11.5 Å². The Morgan fingerprint density at radius 3 is 2.58 bits per heavy atom. The summed E-state index contributed by atoms with van der Waals surface area (Å²) in [5, 5.41) is 8.03. The molecule has 2 aromatic heterocycles. The van der Waals surface area contributed by atoms with Gasteiger partial charge in [-0.05, 0) is 44.9 Å². The van der Waals surface area contributed by atoms with Crippen LogP contribution in [0.5, 0.6) is 0 Å². The molecule has 6 nitrogen and oxygen atoms in total. The zero-order chi connectivity index (χ0) is 18.6. The fourth-order valence-corrected chi connectivity index (χ4v) is 2.64. The van der Waals surface area contributed by atoms with E-state index in [0.717, 1.165) is 47.9 Å². The normalized spacial score (nSPS) is 11.8. The highest BCUT2D eigenvalue weighted by Crippen LogP contribution is 2.21. The molecule has 6 heteroatoms. The zero-order valence-electron chi connectivity index (χ0n) is 15.7. The third kappa shape index (κ3) is 4.59. The lowest BCUT2D eigenvalue weighted by atomic mass is 10.1. The highest BCUT2D eigenvalue weighted by Gasteiger charge is 2.10. The van der Waals surface area contributed by atoms with Crippen LogP contribution < -0.4 is 11.1 Å². The van der Waals surface area contributed by atoms with E-state index in [0.29, 0.717) is 6.54 Å². The number of rotatable bonds is 7. The first-order chi connectivity index (χ1) is 12.5. The maximum atomic E-state index is 5.74. The topological polar surface area (TPSA) is 77.5 Å². The van der Waals surface area contributed by atoms with E-state index in [2.05, 4.69) is 48.3 Å². The van der Waals surface area contributed by atoms with E-state index >= 15 is 0 Å². The minimum absolute atomic E-state index is 0.0949. The minimum atomic E-state index is -0.0949. The molecule has 26 heavy (non-hydrogen) atoms. The van der Waals surface area contributed by atoms with Gasteiger partial charge in [-0.2, -0.15) is 0 Å². The maximum Gasteiger partial charge on any atom is 0.154 e. The second-order valence-corrected chi connectivity index (χ2v) is 7.27. The van der Waals surface area contributed by atoms with Crippen LogP contribution in [0.4, 0.5) is 5.82 Å². The predicted molar refractivity (Wildman–Crippen MR) is 105 cm³/mol. The molecule has 1 aromatic carbocycles. The lowest BCUT2D eigenvalue weighted by Crippen LogP contribution is -2.21. The molecule has 0 fully saturated rings. The monoisotopic (exact) mass is 353 g/mol. The smallest absolute Gasteiger partial charge is 0.154 e. The van der Waals surface area contributed by atoms with Gasteiger partial charge in [0.1, 0.15) is 5.82 Å². The minimum Gasteiger partial charge on any atom is -0.376 e. The summed E-state index contributed by atoms with van der Waals surface area (Å²) < 4.78 is 7.60. The van der Waals surface area contributed by atoms with Crippen molar-refractivity contribution in [2.45, 2.75) is 39.3 Å². The molecule has 3 N–H and O–H groups in total. The Labute approximate surface area is 154 Å². The molecule has 2 heterocycles. The fraction of sp³-hybridized carbons (Fsp3) is 0.400. The van der Waals surface area contributed by atoms with Gasteiger partial charge in [0.2, 0.25) is 0 Å². The fourth-order valence-electron chi connectivity index (χ4n) is 2.64. The molecule has 0 aliphatic carbocycles. The van der Waals surface area contributed by atoms with Crippen LogP contribution in [0.3, 0.4) is 0 Å². The van der Waals surface area contributed by atoms with Gasteiger partial charge >= 0.3 is 0 Å². The van der Waals surface area contributed by atoms with Crippen molar-refractivity contribution in [3.05, 3.63) is 48.2 Å². The summed E-state index contributed by atoms with van der Waals surface area (Å²) in [6, 6.07) is 12.1. The van der Waals surface area contributed by atoms with Crippen LogP contribution >= 0.6 is 0 Å². The number of aromatic nitrogens is 3. The lowest BCUT2D eigenvalue weighted by molar-refractivity contribution is -0.00280. The van der Waals surface area contributed by atoms with Gasteiger partial charge in [0, 0.05) is 25.3 Å². The van der Waals surface area contributed by atoms with E-state index in [4.69, 9.17) is 10.5 Å². The molecule has 0 bridgehead atoms. The number of ether oxygens (including phenoxy) is 1. The lowest BCUT2D eigenvalue weighted by Gasteiger charge is -2.19. The van der Waals surface area contributed by atoms with E-state index in [1.54, 1.807) is 0 Å². The average molecular weight is 353 g/mol. The van der Waals surface area contributed by atoms with Gasteiger partial charge in [-0.3, -0.25) is 0 Å². The Kier molecular flexibility index (Phi) is 5.54. The number of anilines is 1. The van der Waals surface area contributed by atoms with E-state index in [1.807, 2.05) is 35.0 Å². The number of hydrogen-bond acceptors (Lipinski definition) is 5. The van der Waals surface area contributed by atoms with Crippen molar-refractivity contribution in [1.29, 1.82) is 0 Å². The van der Waals surface area contributed by atoms with E-state index in [9.17, 15) is 0 Å². The molecule has 0 spiro atoms. The second-order valence-electron chi connectivity index (χ2n) is 7.27. The summed E-state index contributed by atoms with van der Waals surface area (Å²) in [7, 11) is 0. The SMILES string of the molecule is CC(C)(C)OCCCNc1ccc2ncc(-c3ccc(CN)cc3)n2n1. The highest BCUT2D eigenvalue weighted by molar-refractivity contribution is 5.63. The highest BCUT2D eigenvalue weighted by atomic mass is 16.5. The van der Waals surface area contributed by atoms with Crippen LogP contribution in [-0.4, -0.2) is 33.4 Å². The van der Waals surface area contributed by atoms with Crippen LogP contribution in [0.2, 0.25) is 0 Å². The summed E-state index contributed by atoms with van der Waals surface area (Å²) >= 11 is 0. The molecule has 0 amide bonds. The van der Waals surface area contributed by atoms with Crippen LogP contribution in [0.1, 0.15) is 32.8 Å². The van der Waals surface area contributed by atoms with Crippen molar-refractivity contribution in [1.82, 2.24) is 14.6 Å². The Bertz CT molecular complexity index is 849. The number of nitrogens with one attached hydrogen (secondary N) is 1. The first-order valence-corrected chi connectivity index (χ1v) is 8.98. The van der Waals surface area contributed by atoms with Crippen molar-refractivity contribution in [3.8, 4) is 11.3 Å². The molecular formula is C20H27N5O. The summed E-state index contributed by atoms with van der Waals surface area (Å²) in [6.07, 6.45) is 2.77. The van der Waals surface area contributed by atoms with E-state index in [-0.39, 0.29) is 5.60 Å². The van der Waals surface area contributed by atoms with Gasteiger partial charge in [0.15, 0.2) is 5.65 Å². The van der Waals surface area contributed by atoms with Crippen molar-refractivity contribution in [2.24, 2.45) is 5.73 Å². The first-order valence-electron chi connectivity index (χ1n) is 8.98. The van der Waals surface area contributed by atoms with Crippen LogP contribution in [0.25, 0.3) is 16.9 Å². The second kappa shape index (κ2) is 7.85. The Balaban J connectivity index is 1.69. The zero-order valence-corrected chi connectivity index (χ0v) is 15.7. The summed E-state index contributed by atoms with van der Waals surface area (Å²) in [4.78, 5) is 4.44. The first kappa shape index (κ1) is 18.4. The molecular weight excluding hydrogens is 326 g/mol. The number of benzene rings is 1. The summed E-state index contributed by atoms with van der Waals surface area (Å²) in [5.41, 5.74) is 9.54. The molecule has 3 aromatic rings. The molecule has 3 rings (SSSR count). The van der Waals surface area contributed by atoms with Crippen LogP contribution in [-0.2, 0) is 11.3 Å². The van der Waals surface area contributed by atoms with Crippen LogP contribution in [0, 0.1) is 0 Å². The summed E-state index contributed by atoms with van der Waals surface area (Å²) in [6.45, 7) is 8.27. The molecule has 0 saturated carbocycles. The Morgan fingerprint density at radius 1 is 1.12 bits per heavy atom. The van der Waals surface area contributed by atoms with Crippen LogP contribution in [0.15, 0.2) is 42.6 Å². The van der Waals surface area contributed by atoms with Gasteiger partial charge in [-0.15, -0.1) is 5.10 Å². The van der Waals surface area contributed by atoms with E-state index < -0.39 is 0 Å². The predicted octanol–water partition coefficient (Wildman–Crippen LogP) is 3.47. The number of nitrogens with zero attached hydrogens (tertiary/aromatic N) is 3. The number of imidazole rings is 1. The van der Waals surface area contributed by atoms with E-state index in [1.165, 1.54) is 0 Å². The molecule has 0 atom stereocenters. The van der Waals surface area contributed by atoms with Crippen molar-refractivity contribution in [3.63, 3.8) is 0 Å². The molecule has 0 aliphatic heterocycles. The number of fused-ring (bicyclic) bond motifs is 1. The third-order valence-electron chi connectivity index (χ3n) is 4.01. The number of hydrogen-bond donors (Lipinski definition) is 2. The number of nitrogens with two attached hydrogens (primary N) is 1. The largest absolute Gasteiger partial charge is 0.376 e. The van der Waals surface area contributed by atoms with Gasteiger partial charge in [0.05, 0.1) is 17.5 Å². The Morgan fingerprint density at radius 2 is 1.88 bits per heavy atom.